The van der Waals surface area contributed by atoms with Gasteiger partial charge in [0, 0.05) is 25.0 Å². The molecule has 0 radical (unpaired) electrons. The Morgan fingerprint density at radius 3 is 3.15 bits per heavy atom. The molecule has 0 bridgehead atoms. The van der Waals surface area contributed by atoms with Gasteiger partial charge in [-0.05, 0) is 52.3 Å². The molecule has 0 aromatic carbocycles. The first-order valence-corrected chi connectivity index (χ1v) is 7.52. The Labute approximate surface area is 120 Å². The SMILES string of the molecule is CNCCC1CCCCN1c1nccn2nc(C)cc12. The highest BCUT2D eigenvalue weighted by molar-refractivity contribution is 5.69. The van der Waals surface area contributed by atoms with Crippen molar-refractivity contribution in [3.63, 3.8) is 0 Å². The molecule has 3 heterocycles. The highest BCUT2D eigenvalue weighted by atomic mass is 15.3. The van der Waals surface area contributed by atoms with Crippen molar-refractivity contribution in [1.82, 2.24) is 19.9 Å². The van der Waals surface area contributed by atoms with Crippen molar-refractivity contribution in [2.45, 2.75) is 38.6 Å². The molecule has 1 fully saturated rings. The van der Waals surface area contributed by atoms with Gasteiger partial charge in [0.25, 0.3) is 0 Å². The van der Waals surface area contributed by atoms with E-state index in [0.717, 1.165) is 30.1 Å². The van der Waals surface area contributed by atoms with E-state index in [1.165, 1.54) is 25.7 Å². The first-order valence-electron chi connectivity index (χ1n) is 7.52. The lowest BCUT2D eigenvalue weighted by atomic mass is 9.99. The molecule has 2 aromatic rings. The molecule has 0 saturated carbocycles. The van der Waals surface area contributed by atoms with Crippen LogP contribution >= 0.6 is 0 Å². The van der Waals surface area contributed by atoms with Gasteiger partial charge in [-0.15, -0.1) is 0 Å². The molecule has 1 atom stereocenters. The predicted molar refractivity (Wildman–Crippen MR) is 81.3 cm³/mol. The molecular formula is C15H23N5. The highest BCUT2D eigenvalue weighted by Crippen LogP contribution is 2.28. The lowest BCUT2D eigenvalue weighted by molar-refractivity contribution is 0.431. The number of nitrogens with zero attached hydrogens (tertiary/aromatic N) is 4. The minimum absolute atomic E-state index is 0.588. The number of hydrogen-bond donors (Lipinski definition) is 1. The Kier molecular flexibility index (Phi) is 3.87. The lowest BCUT2D eigenvalue weighted by Crippen LogP contribution is -2.41. The van der Waals surface area contributed by atoms with Crippen molar-refractivity contribution in [1.29, 1.82) is 0 Å². The van der Waals surface area contributed by atoms with Gasteiger partial charge in [0.05, 0.1) is 5.69 Å². The summed E-state index contributed by atoms with van der Waals surface area (Å²) in [5.74, 6) is 1.09. The molecule has 0 spiro atoms. The van der Waals surface area contributed by atoms with Gasteiger partial charge in [0.2, 0.25) is 0 Å². The molecule has 5 heteroatoms. The van der Waals surface area contributed by atoms with Gasteiger partial charge in [-0.3, -0.25) is 0 Å². The maximum absolute atomic E-state index is 4.65. The molecule has 0 aliphatic carbocycles. The van der Waals surface area contributed by atoms with E-state index in [9.17, 15) is 0 Å². The van der Waals surface area contributed by atoms with Crippen LogP contribution in [-0.4, -0.2) is 40.8 Å². The highest BCUT2D eigenvalue weighted by Gasteiger charge is 2.25. The Balaban J connectivity index is 1.94. The third-order valence-corrected chi connectivity index (χ3v) is 4.12. The fourth-order valence-electron chi connectivity index (χ4n) is 3.14. The summed E-state index contributed by atoms with van der Waals surface area (Å²) < 4.78 is 1.95. The Morgan fingerprint density at radius 1 is 1.40 bits per heavy atom. The third-order valence-electron chi connectivity index (χ3n) is 4.12. The van der Waals surface area contributed by atoms with Gasteiger partial charge < -0.3 is 10.2 Å². The lowest BCUT2D eigenvalue weighted by Gasteiger charge is -2.37. The van der Waals surface area contributed by atoms with Crippen molar-refractivity contribution in [3.8, 4) is 0 Å². The number of rotatable bonds is 4. The van der Waals surface area contributed by atoms with Crippen LogP contribution in [0.25, 0.3) is 5.52 Å². The molecule has 20 heavy (non-hydrogen) atoms. The Bertz CT molecular complexity index is 577. The van der Waals surface area contributed by atoms with E-state index in [0.29, 0.717) is 6.04 Å². The van der Waals surface area contributed by atoms with Crippen LogP contribution in [0, 0.1) is 6.92 Å². The van der Waals surface area contributed by atoms with Crippen molar-refractivity contribution < 1.29 is 0 Å². The number of fused-ring (bicyclic) bond motifs is 1. The quantitative estimate of drug-likeness (QED) is 0.925. The zero-order valence-corrected chi connectivity index (χ0v) is 12.3. The fourth-order valence-corrected chi connectivity index (χ4v) is 3.14. The fraction of sp³-hybridized carbons (Fsp3) is 0.600. The molecule has 0 amide bonds. The van der Waals surface area contributed by atoms with Crippen molar-refractivity contribution >= 4 is 11.3 Å². The van der Waals surface area contributed by atoms with Crippen LogP contribution in [0.1, 0.15) is 31.4 Å². The zero-order chi connectivity index (χ0) is 13.9. The van der Waals surface area contributed by atoms with E-state index < -0.39 is 0 Å². The molecule has 1 N–H and O–H groups in total. The average molecular weight is 273 g/mol. The van der Waals surface area contributed by atoms with Gasteiger partial charge in [0.1, 0.15) is 5.52 Å². The summed E-state index contributed by atoms with van der Waals surface area (Å²) in [6.07, 6.45) is 8.80. The van der Waals surface area contributed by atoms with E-state index in [4.69, 9.17) is 0 Å². The first kappa shape index (κ1) is 13.4. The normalized spacial score (nSPS) is 19.7. The summed E-state index contributed by atoms with van der Waals surface area (Å²) in [5.41, 5.74) is 2.17. The number of piperidine rings is 1. The predicted octanol–water partition coefficient (Wildman–Crippen LogP) is 2.01. The number of hydrogen-bond acceptors (Lipinski definition) is 4. The van der Waals surface area contributed by atoms with Crippen molar-refractivity contribution in [2.24, 2.45) is 0 Å². The molecule has 1 unspecified atom stereocenters. The van der Waals surface area contributed by atoms with Crippen LogP contribution in [0.4, 0.5) is 5.82 Å². The van der Waals surface area contributed by atoms with Crippen molar-refractivity contribution in [2.75, 3.05) is 25.0 Å². The van der Waals surface area contributed by atoms with Crippen LogP contribution in [0.5, 0.6) is 0 Å². The summed E-state index contributed by atoms with van der Waals surface area (Å²) >= 11 is 0. The van der Waals surface area contributed by atoms with Gasteiger partial charge in [-0.25, -0.2) is 9.50 Å². The maximum Gasteiger partial charge on any atom is 0.154 e. The van der Waals surface area contributed by atoms with Gasteiger partial charge >= 0.3 is 0 Å². The maximum atomic E-state index is 4.65. The smallest absolute Gasteiger partial charge is 0.154 e. The van der Waals surface area contributed by atoms with Crippen LogP contribution in [0.3, 0.4) is 0 Å². The second-order valence-electron chi connectivity index (χ2n) is 5.60. The summed E-state index contributed by atoms with van der Waals surface area (Å²) in [7, 11) is 2.02. The van der Waals surface area contributed by atoms with Crippen LogP contribution < -0.4 is 10.2 Å². The Hall–Kier alpha value is -1.62. The molecule has 2 aromatic heterocycles. The van der Waals surface area contributed by atoms with E-state index in [1.807, 2.05) is 30.9 Å². The van der Waals surface area contributed by atoms with E-state index in [2.05, 4.69) is 26.4 Å². The molecule has 1 aliphatic rings. The minimum atomic E-state index is 0.588. The van der Waals surface area contributed by atoms with Crippen molar-refractivity contribution in [3.05, 3.63) is 24.2 Å². The second kappa shape index (κ2) is 5.79. The molecule has 5 nitrogen and oxygen atoms in total. The summed E-state index contributed by atoms with van der Waals surface area (Å²) in [6.45, 7) is 4.19. The number of aromatic nitrogens is 3. The van der Waals surface area contributed by atoms with Gasteiger partial charge in [0.15, 0.2) is 5.82 Å². The summed E-state index contributed by atoms with van der Waals surface area (Å²) in [4.78, 5) is 7.13. The van der Waals surface area contributed by atoms with Gasteiger partial charge in [-0.2, -0.15) is 5.10 Å². The minimum Gasteiger partial charge on any atom is -0.352 e. The van der Waals surface area contributed by atoms with Crippen LogP contribution in [0.15, 0.2) is 18.5 Å². The molecule has 108 valence electrons. The summed E-state index contributed by atoms with van der Waals surface area (Å²) in [5, 5.41) is 7.76. The molecular weight excluding hydrogens is 250 g/mol. The molecule has 3 rings (SSSR count). The molecule has 1 aliphatic heterocycles. The van der Waals surface area contributed by atoms with E-state index in [1.54, 1.807) is 0 Å². The third kappa shape index (κ3) is 2.50. The summed E-state index contributed by atoms with van der Waals surface area (Å²) in [6, 6.07) is 2.72. The zero-order valence-electron chi connectivity index (χ0n) is 12.3. The van der Waals surface area contributed by atoms with Crippen LogP contribution in [0.2, 0.25) is 0 Å². The average Bonchev–Trinajstić information content (AvgIpc) is 2.85. The number of anilines is 1. The first-order chi connectivity index (χ1) is 9.79. The van der Waals surface area contributed by atoms with E-state index in [-0.39, 0.29) is 0 Å². The standard InChI is InChI=1S/C15H23N5/c1-12-11-14-15(17-8-10-20(14)18-12)19-9-4-3-5-13(19)6-7-16-2/h8,10-11,13,16H,3-7,9H2,1-2H3. The second-order valence-corrected chi connectivity index (χ2v) is 5.60. The largest absolute Gasteiger partial charge is 0.352 e. The topological polar surface area (TPSA) is 45.5 Å². The number of nitrogens with one attached hydrogen (secondary N) is 1. The monoisotopic (exact) mass is 273 g/mol. The number of aryl methyl sites for hydroxylation is 1. The van der Waals surface area contributed by atoms with Crippen LogP contribution in [-0.2, 0) is 0 Å². The van der Waals surface area contributed by atoms with Gasteiger partial charge in [-0.1, -0.05) is 0 Å². The van der Waals surface area contributed by atoms with E-state index >= 15 is 0 Å². The molecule has 1 saturated heterocycles. The Morgan fingerprint density at radius 2 is 2.30 bits per heavy atom.